The molecule has 0 aromatic heterocycles. The third-order valence-corrected chi connectivity index (χ3v) is 3.57. The summed E-state index contributed by atoms with van der Waals surface area (Å²) in [5, 5.41) is 1.01. The molecule has 2 unspecified atom stereocenters. The van der Waals surface area contributed by atoms with Crippen LogP contribution in [0.2, 0.25) is 0 Å². The average molecular weight is 214 g/mol. The first kappa shape index (κ1) is 9.05. The molecule has 2 atom stereocenters. The molecule has 1 heteroatoms. The molecule has 0 bridgehead atoms. The van der Waals surface area contributed by atoms with Crippen molar-refractivity contribution >= 4 is 15.9 Å². The Hall–Kier alpha value is -0.0400. The summed E-state index contributed by atoms with van der Waals surface area (Å²) in [4.78, 5) is 0. The maximum Gasteiger partial charge on any atom is 0.0128 e. The van der Waals surface area contributed by atoms with Crippen LogP contribution in [-0.4, -0.2) is 5.33 Å². The predicted octanol–water partition coefficient (Wildman–Crippen LogP) is 3.35. The van der Waals surface area contributed by atoms with E-state index < -0.39 is 0 Å². The summed E-state index contributed by atoms with van der Waals surface area (Å²) in [5.41, 5.74) is 0.259. The topological polar surface area (TPSA) is 0 Å². The highest BCUT2D eigenvalue weighted by atomic mass is 79.9. The number of alkyl halides is 1. The summed E-state index contributed by atoms with van der Waals surface area (Å²) in [5.74, 6) is 0.414. The maximum absolute atomic E-state index is 4.12. The van der Waals surface area contributed by atoms with E-state index in [-0.39, 0.29) is 5.41 Å². The third-order valence-electron chi connectivity index (χ3n) is 2.53. The molecule has 61 valence electrons. The van der Waals surface area contributed by atoms with Crippen LogP contribution >= 0.6 is 15.9 Å². The predicted molar refractivity (Wildman–Crippen MR) is 53.6 cm³/mol. The van der Waals surface area contributed by atoms with Gasteiger partial charge in [-0.05, 0) is 19.3 Å². The summed E-state index contributed by atoms with van der Waals surface area (Å²) in [6.45, 7) is 6.34. The highest BCUT2D eigenvalue weighted by Gasteiger charge is 2.30. The quantitative estimate of drug-likeness (QED) is 0.618. The molecule has 0 aromatic rings. The van der Waals surface area contributed by atoms with Crippen molar-refractivity contribution in [2.24, 2.45) is 11.3 Å². The highest BCUT2D eigenvalue weighted by Crippen LogP contribution is 2.37. The molecule has 0 N–H and O–H groups in total. The van der Waals surface area contributed by atoms with E-state index in [2.05, 4.69) is 54.1 Å². The van der Waals surface area contributed by atoms with E-state index in [1.54, 1.807) is 0 Å². The van der Waals surface area contributed by atoms with Crippen molar-refractivity contribution < 1.29 is 0 Å². The van der Waals surface area contributed by atoms with E-state index >= 15 is 0 Å². The molecule has 1 radical (unpaired) electrons. The minimum Gasteiger partial charge on any atom is -0.0918 e. The van der Waals surface area contributed by atoms with Crippen LogP contribution in [0.25, 0.3) is 0 Å². The molecule has 1 rings (SSSR count). The van der Waals surface area contributed by atoms with Crippen LogP contribution in [0.5, 0.6) is 0 Å². The molecule has 1 aliphatic carbocycles. The molecule has 0 fully saturated rings. The van der Waals surface area contributed by atoms with E-state index in [0.29, 0.717) is 5.92 Å². The molecular formula is C10H14Br. The van der Waals surface area contributed by atoms with Crippen molar-refractivity contribution in [2.45, 2.75) is 13.3 Å². The Kier molecular flexibility index (Phi) is 2.94. The van der Waals surface area contributed by atoms with Gasteiger partial charge in [-0.25, -0.2) is 0 Å². The lowest BCUT2D eigenvalue weighted by atomic mass is 9.73. The zero-order chi connectivity index (χ0) is 8.32. The number of hydrogen-bond acceptors (Lipinski definition) is 0. The molecular weight excluding hydrogens is 200 g/mol. The molecule has 0 nitrogen and oxygen atoms in total. The average Bonchev–Trinajstić information content (AvgIpc) is 2.06. The minimum absolute atomic E-state index is 0.259. The van der Waals surface area contributed by atoms with E-state index in [1.807, 2.05) is 0 Å². The van der Waals surface area contributed by atoms with Gasteiger partial charge in [-0.3, -0.25) is 0 Å². The van der Waals surface area contributed by atoms with Crippen LogP contribution in [0, 0.1) is 18.3 Å². The van der Waals surface area contributed by atoms with Gasteiger partial charge in [0.05, 0.1) is 0 Å². The number of halogens is 1. The summed E-state index contributed by atoms with van der Waals surface area (Å²) in [6.07, 6.45) is 9.78. The molecule has 11 heavy (non-hydrogen) atoms. The molecule has 0 amide bonds. The minimum atomic E-state index is 0.259. The van der Waals surface area contributed by atoms with Crippen molar-refractivity contribution in [2.75, 3.05) is 5.33 Å². The van der Waals surface area contributed by atoms with Gasteiger partial charge in [0.2, 0.25) is 0 Å². The van der Waals surface area contributed by atoms with Gasteiger partial charge in [0.25, 0.3) is 0 Å². The summed E-state index contributed by atoms with van der Waals surface area (Å²) in [6, 6.07) is 0. The zero-order valence-corrected chi connectivity index (χ0v) is 8.47. The normalized spacial score (nSPS) is 36.1. The molecule has 0 saturated heterocycles. The van der Waals surface area contributed by atoms with Crippen LogP contribution in [-0.2, 0) is 0 Å². The molecule has 0 heterocycles. The van der Waals surface area contributed by atoms with Crippen LogP contribution in [0.4, 0.5) is 0 Å². The van der Waals surface area contributed by atoms with Crippen molar-refractivity contribution in [3.63, 3.8) is 0 Å². The van der Waals surface area contributed by atoms with Crippen molar-refractivity contribution in [3.8, 4) is 0 Å². The maximum atomic E-state index is 4.12. The Morgan fingerprint density at radius 1 is 1.55 bits per heavy atom. The number of rotatable bonds is 2. The van der Waals surface area contributed by atoms with Crippen molar-refractivity contribution in [1.82, 2.24) is 0 Å². The van der Waals surface area contributed by atoms with E-state index in [1.165, 1.54) is 0 Å². The molecule has 0 aliphatic heterocycles. The Labute approximate surface area is 77.5 Å². The second kappa shape index (κ2) is 3.57. The standard InChI is InChI=1S/C10H14Br/c1-3-10(8-11)7-5-4-6-9(10)2/h4-7,9H,2-3,8H2,1H3. The van der Waals surface area contributed by atoms with Gasteiger partial charge < -0.3 is 0 Å². The van der Waals surface area contributed by atoms with Gasteiger partial charge in [0.15, 0.2) is 0 Å². The third kappa shape index (κ3) is 1.58. The number of allylic oxidation sites excluding steroid dienone is 4. The van der Waals surface area contributed by atoms with E-state index in [4.69, 9.17) is 0 Å². The van der Waals surface area contributed by atoms with Crippen molar-refractivity contribution in [3.05, 3.63) is 31.2 Å². The summed E-state index contributed by atoms with van der Waals surface area (Å²) < 4.78 is 0. The lowest BCUT2D eigenvalue weighted by Crippen LogP contribution is -2.28. The van der Waals surface area contributed by atoms with Gasteiger partial charge >= 0.3 is 0 Å². The van der Waals surface area contributed by atoms with Gasteiger partial charge in [0.1, 0.15) is 0 Å². The van der Waals surface area contributed by atoms with Gasteiger partial charge in [-0.1, -0.05) is 47.2 Å². The smallest absolute Gasteiger partial charge is 0.0128 e. The Morgan fingerprint density at radius 3 is 2.64 bits per heavy atom. The van der Waals surface area contributed by atoms with E-state index in [0.717, 1.165) is 11.8 Å². The Bertz CT molecular complexity index is 175. The molecule has 0 saturated carbocycles. The monoisotopic (exact) mass is 213 g/mol. The molecule has 0 aromatic carbocycles. The highest BCUT2D eigenvalue weighted by molar-refractivity contribution is 9.09. The Balaban J connectivity index is 2.82. The summed E-state index contributed by atoms with van der Waals surface area (Å²) >= 11 is 3.54. The van der Waals surface area contributed by atoms with Gasteiger partial charge in [-0.15, -0.1) is 0 Å². The van der Waals surface area contributed by atoms with Gasteiger partial charge in [0, 0.05) is 10.7 Å². The fourth-order valence-electron chi connectivity index (χ4n) is 1.38. The SMILES string of the molecule is [CH2]C1C=CC=CC1(CC)CBr. The second-order valence-electron chi connectivity index (χ2n) is 3.07. The first-order chi connectivity index (χ1) is 5.25. The molecule has 1 aliphatic rings. The Morgan fingerprint density at radius 2 is 2.27 bits per heavy atom. The first-order valence-electron chi connectivity index (χ1n) is 4.00. The molecule has 0 spiro atoms. The second-order valence-corrected chi connectivity index (χ2v) is 3.63. The fraction of sp³-hybridized carbons (Fsp3) is 0.500. The van der Waals surface area contributed by atoms with Crippen molar-refractivity contribution in [1.29, 1.82) is 0 Å². The van der Waals surface area contributed by atoms with Crippen LogP contribution in [0.1, 0.15) is 13.3 Å². The zero-order valence-electron chi connectivity index (χ0n) is 6.89. The fourth-order valence-corrected chi connectivity index (χ4v) is 2.38. The number of hydrogen-bond donors (Lipinski definition) is 0. The summed E-state index contributed by atoms with van der Waals surface area (Å²) in [7, 11) is 0. The lowest BCUT2D eigenvalue weighted by Gasteiger charge is -2.33. The first-order valence-corrected chi connectivity index (χ1v) is 5.12. The largest absolute Gasteiger partial charge is 0.0918 e. The van der Waals surface area contributed by atoms with Crippen LogP contribution in [0.15, 0.2) is 24.3 Å². The van der Waals surface area contributed by atoms with E-state index in [9.17, 15) is 0 Å². The van der Waals surface area contributed by atoms with Gasteiger partial charge in [-0.2, -0.15) is 0 Å². The van der Waals surface area contributed by atoms with Crippen LogP contribution in [0.3, 0.4) is 0 Å². The lowest BCUT2D eigenvalue weighted by molar-refractivity contribution is 0.350. The van der Waals surface area contributed by atoms with Crippen LogP contribution < -0.4 is 0 Å².